The van der Waals surface area contributed by atoms with E-state index in [1.807, 2.05) is 6.07 Å². The van der Waals surface area contributed by atoms with Crippen molar-refractivity contribution in [3.63, 3.8) is 0 Å². The summed E-state index contributed by atoms with van der Waals surface area (Å²) >= 11 is 0. The fourth-order valence-electron chi connectivity index (χ4n) is 3.17. The van der Waals surface area contributed by atoms with Crippen LogP contribution < -0.4 is 5.32 Å². The van der Waals surface area contributed by atoms with Gasteiger partial charge in [-0.3, -0.25) is 9.69 Å². The second kappa shape index (κ2) is 4.15. The summed E-state index contributed by atoms with van der Waals surface area (Å²) < 4.78 is 0. The van der Waals surface area contributed by atoms with Crippen LogP contribution in [0.25, 0.3) is 0 Å². The van der Waals surface area contributed by atoms with Crippen LogP contribution in [0.4, 0.5) is 0 Å². The number of hydrogen-bond acceptors (Lipinski definition) is 2. The molecule has 17 heavy (non-hydrogen) atoms. The molecule has 1 amide bonds. The standard InChI is InChI=1S/C14H18N2O/c17-13-14(8-9-15-13)7-4-10-16(14)11-12-5-2-1-3-6-12/h1-3,5-6H,4,7-11H2,(H,15,17)/t14-/m1/s1. The second-order valence-electron chi connectivity index (χ2n) is 5.05. The summed E-state index contributed by atoms with van der Waals surface area (Å²) in [7, 11) is 0. The summed E-state index contributed by atoms with van der Waals surface area (Å²) in [6.07, 6.45) is 3.13. The van der Waals surface area contributed by atoms with Gasteiger partial charge in [0.05, 0.1) is 0 Å². The van der Waals surface area contributed by atoms with Crippen LogP contribution in [0.3, 0.4) is 0 Å². The molecular formula is C14H18N2O. The van der Waals surface area contributed by atoms with Gasteiger partial charge in [-0.2, -0.15) is 0 Å². The molecule has 1 aromatic carbocycles. The molecular weight excluding hydrogens is 212 g/mol. The first-order chi connectivity index (χ1) is 8.31. The van der Waals surface area contributed by atoms with E-state index in [1.54, 1.807) is 0 Å². The van der Waals surface area contributed by atoms with Gasteiger partial charge in [0.2, 0.25) is 5.91 Å². The quantitative estimate of drug-likeness (QED) is 0.836. The van der Waals surface area contributed by atoms with E-state index in [2.05, 4.69) is 34.5 Å². The number of benzene rings is 1. The van der Waals surface area contributed by atoms with Gasteiger partial charge in [0.25, 0.3) is 0 Å². The fourth-order valence-corrected chi connectivity index (χ4v) is 3.17. The fraction of sp³-hybridized carbons (Fsp3) is 0.500. The predicted octanol–water partition coefficient (Wildman–Crippen LogP) is 1.54. The summed E-state index contributed by atoms with van der Waals surface area (Å²) in [5, 5.41) is 2.99. The normalized spacial score (nSPS) is 28.8. The van der Waals surface area contributed by atoms with E-state index in [9.17, 15) is 4.79 Å². The third-order valence-corrected chi connectivity index (χ3v) is 4.09. The highest BCUT2D eigenvalue weighted by atomic mass is 16.2. The van der Waals surface area contributed by atoms with Gasteiger partial charge in [-0.05, 0) is 31.4 Å². The van der Waals surface area contributed by atoms with Crippen molar-refractivity contribution in [2.24, 2.45) is 0 Å². The zero-order valence-electron chi connectivity index (χ0n) is 9.98. The Hall–Kier alpha value is -1.35. The average molecular weight is 230 g/mol. The van der Waals surface area contributed by atoms with Crippen molar-refractivity contribution < 1.29 is 4.79 Å². The van der Waals surface area contributed by atoms with Gasteiger partial charge in [0.15, 0.2) is 0 Å². The van der Waals surface area contributed by atoms with Crippen molar-refractivity contribution in [3.05, 3.63) is 35.9 Å². The zero-order valence-corrected chi connectivity index (χ0v) is 9.98. The molecule has 2 heterocycles. The van der Waals surface area contributed by atoms with Gasteiger partial charge in [0, 0.05) is 13.1 Å². The number of likely N-dealkylation sites (tertiary alicyclic amines) is 1. The maximum absolute atomic E-state index is 12.0. The monoisotopic (exact) mass is 230 g/mol. The highest BCUT2D eigenvalue weighted by Crippen LogP contribution is 2.36. The number of carbonyl (C=O) groups is 1. The van der Waals surface area contributed by atoms with E-state index in [0.29, 0.717) is 0 Å². The molecule has 0 aliphatic carbocycles. The van der Waals surface area contributed by atoms with E-state index in [4.69, 9.17) is 0 Å². The third kappa shape index (κ3) is 1.75. The minimum Gasteiger partial charge on any atom is -0.354 e. The second-order valence-corrected chi connectivity index (χ2v) is 5.05. The Labute approximate surface area is 102 Å². The lowest BCUT2D eigenvalue weighted by Gasteiger charge is -2.32. The number of nitrogens with one attached hydrogen (secondary N) is 1. The van der Waals surface area contributed by atoms with Crippen LogP contribution in [0.15, 0.2) is 30.3 Å². The molecule has 1 atom stereocenters. The van der Waals surface area contributed by atoms with Gasteiger partial charge < -0.3 is 5.32 Å². The summed E-state index contributed by atoms with van der Waals surface area (Å²) in [4.78, 5) is 14.4. The van der Waals surface area contributed by atoms with Crippen LogP contribution in [-0.2, 0) is 11.3 Å². The highest BCUT2D eigenvalue weighted by Gasteiger charge is 2.49. The molecule has 1 aromatic rings. The number of hydrogen-bond donors (Lipinski definition) is 1. The van der Waals surface area contributed by atoms with Crippen LogP contribution in [-0.4, -0.2) is 29.4 Å². The van der Waals surface area contributed by atoms with E-state index in [1.165, 1.54) is 5.56 Å². The maximum atomic E-state index is 12.0. The maximum Gasteiger partial charge on any atom is 0.240 e. The van der Waals surface area contributed by atoms with Crippen molar-refractivity contribution in [3.8, 4) is 0 Å². The Bertz CT molecular complexity index is 413. The minimum absolute atomic E-state index is 0.199. The molecule has 0 aromatic heterocycles. The minimum atomic E-state index is -0.199. The molecule has 2 fully saturated rings. The molecule has 2 saturated heterocycles. The van der Waals surface area contributed by atoms with Crippen molar-refractivity contribution in [1.29, 1.82) is 0 Å². The molecule has 2 aliphatic rings. The van der Waals surface area contributed by atoms with Gasteiger partial charge >= 0.3 is 0 Å². The summed E-state index contributed by atoms with van der Waals surface area (Å²) in [6, 6.07) is 10.4. The van der Waals surface area contributed by atoms with E-state index < -0.39 is 0 Å². The average Bonchev–Trinajstić information content (AvgIpc) is 2.91. The Kier molecular flexibility index (Phi) is 2.63. The SMILES string of the molecule is O=C1NCC[C@]12CCCN2Cc1ccccc1. The first-order valence-corrected chi connectivity index (χ1v) is 6.39. The predicted molar refractivity (Wildman–Crippen MR) is 66.4 cm³/mol. The summed E-state index contributed by atoms with van der Waals surface area (Å²) in [6.45, 7) is 2.78. The van der Waals surface area contributed by atoms with Crippen molar-refractivity contribution >= 4 is 5.91 Å². The van der Waals surface area contributed by atoms with Crippen molar-refractivity contribution in [1.82, 2.24) is 10.2 Å². The molecule has 0 radical (unpaired) electrons. The first-order valence-electron chi connectivity index (χ1n) is 6.39. The Morgan fingerprint density at radius 1 is 1.24 bits per heavy atom. The van der Waals surface area contributed by atoms with Crippen LogP contribution >= 0.6 is 0 Å². The first kappa shape index (κ1) is 10.8. The van der Waals surface area contributed by atoms with Crippen LogP contribution in [0.5, 0.6) is 0 Å². The van der Waals surface area contributed by atoms with E-state index >= 15 is 0 Å². The molecule has 0 saturated carbocycles. The van der Waals surface area contributed by atoms with Crippen molar-refractivity contribution in [2.45, 2.75) is 31.3 Å². The van der Waals surface area contributed by atoms with Gasteiger partial charge in [-0.15, -0.1) is 0 Å². The smallest absolute Gasteiger partial charge is 0.240 e. The summed E-state index contributed by atoms with van der Waals surface area (Å²) in [5.74, 6) is 0.242. The van der Waals surface area contributed by atoms with E-state index in [-0.39, 0.29) is 11.4 Å². The lowest BCUT2D eigenvalue weighted by molar-refractivity contribution is -0.128. The number of amides is 1. The molecule has 3 heteroatoms. The van der Waals surface area contributed by atoms with Gasteiger partial charge in [-0.1, -0.05) is 30.3 Å². The number of rotatable bonds is 2. The Morgan fingerprint density at radius 3 is 2.76 bits per heavy atom. The largest absolute Gasteiger partial charge is 0.354 e. The van der Waals surface area contributed by atoms with Gasteiger partial charge in [0.1, 0.15) is 5.54 Å². The van der Waals surface area contributed by atoms with Crippen LogP contribution in [0.1, 0.15) is 24.8 Å². The molecule has 3 nitrogen and oxygen atoms in total. The Morgan fingerprint density at radius 2 is 2.06 bits per heavy atom. The molecule has 0 unspecified atom stereocenters. The molecule has 1 spiro atoms. The lowest BCUT2D eigenvalue weighted by atomic mass is 9.94. The van der Waals surface area contributed by atoms with Gasteiger partial charge in [-0.25, -0.2) is 0 Å². The third-order valence-electron chi connectivity index (χ3n) is 4.09. The Balaban J connectivity index is 1.81. The zero-order chi connectivity index (χ0) is 11.7. The number of carbonyl (C=O) groups excluding carboxylic acids is 1. The highest BCUT2D eigenvalue weighted by molar-refractivity contribution is 5.88. The summed E-state index contributed by atoms with van der Waals surface area (Å²) in [5.41, 5.74) is 1.10. The van der Waals surface area contributed by atoms with E-state index in [0.717, 1.165) is 38.9 Å². The topological polar surface area (TPSA) is 32.3 Å². The lowest BCUT2D eigenvalue weighted by Crippen LogP contribution is -2.49. The molecule has 3 rings (SSSR count). The molecule has 90 valence electrons. The van der Waals surface area contributed by atoms with Crippen LogP contribution in [0, 0.1) is 0 Å². The number of nitrogens with zero attached hydrogens (tertiary/aromatic N) is 1. The van der Waals surface area contributed by atoms with Crippen molar-refractivity contribution in [2.75, 3.05) is 13.1 Å². The molecule has 1 N–H and O–H groups in total. The molecule has 0 bridgehead atoms. The molecule has 2 aliphatic heterocycles. The van der Waals surface area contributed by atoms with Crippen LogP contribution in [0.2, 0.25) is 0 Å².